The Bertz CT molecular complexity index is 1020. The van der Waals surface area contributed by atoms with E-state index in [0.717, 1.165) is 16.6 Å². The first kappa shape index (κ1) is 16.0. The van der Waals surface area contributed by atoms with Crippen LogP contribution < -0.4 is 0 Å². The number of rotatable bonds is 6. The Hall–Kier alpha value is -3.48. The van der Waals surface area contributed by atoms with Crippen LogP contribution in [0.3, 0.4) is 0 Å². The minimum Gasteiger partial charge on any atom is -0.457 e. The molecule has 4 aromatic rings. The number of carbonyl (C=O) groups excluding carboxylic acids is 1. The average molecular weight is 347 g/mol. The number of fused-ring (bicyclic) bond motifs is 1. The molecule has 130 valence electrons. The van der Waals surface area contributed by atoms with Crippen LogP contribution in [-0.4, -0.2) is 30.7 Å². The zero-order valence-electron chi connectivity index (χ0n) is 14.0. The second-order valence-electron chi connectivity index (χ2n) is 5.82. The van der Waals surface area contributed by atoms with E-state index in [2.05, 4.69) is 15.5 Å². The van der Waals surface area contributed by atoms with Crippen LogP contribution >= 0.6 is 0 Å². The van der Waals surface area contributed by atoms with Crippen molar-refractivity contribution in [1.29, 1.82) is 0 Å². The molecular formula is C19H17N5O2. The fraction of sp³-hybridized carbons (Fsp3) is 0.158. The van der Waals surface area contributed by atoms with Gasteiger partial charge in [-0.3, -0.25) is 4.79 Å². The van der Waals surface area contributed by atoms with Gasteiger partial charge in [0.1, 0.15) is 0 Å². The highest BCUT2D eigenvalue weighted by Gasteiger charge is 2.11. The largest absolute Gasteiger partial charge is 0.457 e. The molecular weight excluding hydrogens is 330 g/mol. The molecule has 0 bridgehead atoms. The summed E-state index contributed by atoms with van der Waals surface area (Å²) in [5.41, 5.74) is 1.93. The van der Waals surface area contributed by atoms with Crippen LogP contribution in [-0.2, 0) is 22.7 Å². The lowest BCUT2D eigenvalue weighted by Crippen LogP contribution is -2.11. The van der Waals surface area contributed by atoms with E-state index >= 15 is 0 Å². The minimum absolute atomic E-state index is 0.0349. The van der Waals surface area contributed by atoms with Crippen LogP contribution in [0.4, 0.5) is 0 Å². The predicted octanol–water partition coefficient (Wildman–Crippen LogP) is 2.75. The number of para-hydroxylation sites is 2. The number of esters is 1. The maximum absolute atomic E-state index is 12.1. The van der Waals surface area contributed by atoms with Crippen molar-refractivity contribution in [2.75, 3.05) is 0 Å². The highest BCUT2D eigenvalue weighted by molar-refractivity contribution is 5.80. The van der Waals surface area contributed by atoms with Gasteiger partial charge in [0.25, 0.3) is 0 Å². The molecule has 26 heavy (non-hydrogen) atoms. The third kappa shape index (κ3) is 3.32. The summed E-state index contributed by atoms with van der Waals surface area (Å²) >= 11 is 0. The monoisotopic (exact) mass is 347 g/mol. The lowest BCUT2D eigenvalue weighted by atomic mass is 10.2. The van der Waals surface area contributed by atoms with Crippen molar-refractivity contribution in [3.05, 3.63) is 72.7 Å². The van der Waals surface area contributed by atoms with Gasteiger partial charge < -0.3 is 9.30 Å². The summed E-state index contributed by atoms with van der Waals surface area (Å²) in [7, 11) is 0. The molecule has 0 aliphatic carbocycles. The van der Waals surface area contributed by atoms with Crippen molar-refractivity contribution < 1.29 is 9.53 Å². The number of benzene rings is 2. The van der Waals surface area contributed by atoms with Crippen LogP contribution in [0.25, 0.3) is 16.6 Å². The molecule has 0 amide bonds. The van der Waals surface area contributed by atoms with Crippen LogP contribution in [0, 0.1) is 0 Å². The molecule has 0 aliphatic rings. The fourth-order valence-corrected chi connectivity index (χ4v) is 2.83. The van der Waals surface area contributed by atoms with E-state index in [9.17, 15) is 4.79 Å². The van der Waals surface area contributed by atoms with Crippen molar-refractivity contribution in [1.82, 2.24) is 24.8 Å². The lowest BCUT2D eigenvalue weighted by molar-refractivity contribution is -0.145. The standard InChI is InChI=1S/C19H17N5O2/c25-19(11-13-23-12-10-15-6-4-5-9-17(15)23)26-14-18-20-21-22-24(18)16-7-2-1-3-8-16/h1-10,12H,11,13-14H2. The van der Waals surface area contributed by atoms with Crippen molar-refractivity contribution in [3.8, 4) is 5.69 Å². The summed E-state index contributed by atoms with van der Waals surface area (Å²) in [6.07, 6.45) is 2.26. The second-order valence-corrected chi connectivity index (χ2v) is 5.82. The molecule has 0 aliphatic heterocycles. The molecule has 0 fully saturated rings. The van der Waals surface area contributed by atoms with E-state index in [-0.39, 0.29) is 19.0 Å². The fourth-order valence-electron chi connectivity index (χ4n) is 2.83. The Morgan fingerprint density at radius 3 is 2.69 bits per heavy atom. The first-order valence-corrected chi connectivity index (χ1v) is 8.33. The number of aromatic nitrogens is 5. The Balaban J connectivity index is 1.36. The van der Waals surface area contributed by atoms with Crippen molar-refractivity contribution in [2.45, 2.75) is 19.6 Å². The topological polar surface area (TPSA) is 74.8 Å². The van der Waals surface area contributed by atoms with E-state index in [0.29, 0.717) is 12.4 Å². The van der Waals surface area contributed by atoms with Gasteiger partial charge in [-0.1, -0.05) is 36.4 Å². The number of carbonyl (C=O) groups is 1. The molecule has 7 heteroatoms. The van der Waals surface area contributed by atoms with E-state index in [1.165, 1.54) is 0 Å². The molecule has 0 spiro atoms. The average Bonchev–Trinajstić information content (AvgIpc) is 3.32. The quantitative estimate of drug-likeness (QED) is 0.501. The number of ether oxygens (including phenoxy) is 1. The number of tetrazole rings is 1. The molecule has 0 N–H and O–H groups in total. The molecule has 2 aromatic carbocycles. The Kier molecular flexibility index (Phi) is 4.42. The van der Waals surface area contributed by atoms with Gasteiger partial charge in [0.05, 0.1) is 12.1 Å². The van der Waals surface area contributed by atoms with Gasteiger partial charge in [-0.05, 0) is 40.1 Å². The highest BCUT2D eigenvalue weighted by Crippen LogP contribution is 2.15. The molecule has 0 radical (unpaired) electrons. The first-order valence-electron chi connectivity index (χ1n) is 8.33. The number of hydrogen-bond donors (Lipinski definition) is 0. The second kappa shape index (κ2) is 7.18. The number of hydrogen-bond acceptors (Lipinski definition) is 5. The summed E-state index contributed by atoms with van der Waals surface area (Å²) in [4.78, 5) is 12.1. The van der Waals surface area contributed by atoms with Crippen LogP contribution in [0.15, 0.2) is 66.9 Å². The number of nitrogens with zero attached hydrogens (tertiary/aromatic N) is 5. The number of aryl methyl sites for hydroxylation is 1. The molecule has 0 unspecified atom stereocenters. The highest BCUT2D eigenvalue weighted by atomic mass is 16.5. The molecule has 4 rings (SSSR count). The smallest absolute Gasteiger partial charge is 0.308 e. The van der Waals surface area contributed by atoms with E-state index in [1.54, 1.807) is 4.68 Å². The summed E-state index contributed by atoms with van der Waals surface area (Å²) in [6.45, 7) is 0.600. The van der Waals surface area contributed by atoms with Gasteiger partial charge in [0.2, 0.25) is 0 Å². The van der Waals surface area contributed by atoms with E-state index in [1.807, 2.05) is 71.4 Å². The van der Waals surface area contributed by atoms with Gasteiger partial charge in [-0.2, -0.15) is 4.68 Å². The maximum atomic E-state index is 12.1. The molecule has 2 heterocycles. The lowest BCUT2D eigenvalue weighted by Gasteiger charge is -2.07. The molecule has 0 saturated carbocycles. The van der Waals surface area contributed by atoms with Gasteiger partial charge in [-0.25, -0.2) is 0 Å². The predicted molar refractivity (Wildman–Crippen MR) is 95.5 cm³/mol. The Labute approximate surface area is 149 Å². The third-order valence-corrected chi connectivity index (χ3v) is 4.13. The van der Waals surface area contributed by atoms with Crippen LogP contribution in [0.5, 0.6) is 0 Å². The van der Waals surface area contributed by atoms with Crippen molar-refractivity contribution in [3.63, 3.8) is 0 Å². The molecule has 2 aromatic heterocycles. The van der Waals surface area contributed by atoms with Crippen molar-refractivity contribution in [2.24, 2.45) is 0 Å². The van der Waals surface area contributed by atoms with Crippen LogP contribution in [0.1, 0.15) is 12.2 Å². The normalized spacial score (nSPS) is 10.9. The van der Waals surface area contributed by atoms with Crippen LogP contribution in [0.2, 0.25) is 0 Å². The van der Waals surface area contributed by atoms with E-state index in [4.69, 9.17) is 4.74 Å². The molecule has 0 saturated heterocycles. The SMILES string of the molecule is O=C(CCn1ccc2ccccc21)OCc1nnnn1-c1ccccc1. The summed E-state index contributed by atoms with van der Waals surface area (Å²) in [5, 5.41) is 12.7. The van der Waals surface area contributed by atoms with E-state index < -0.39 is 0 Å². The summed E-state index contributed by atoms with van der Waals surface area (Å²) in [6, 6.07) is 19.6. The Morgan fingerprint density at radius 1 is 1.00 bits per heavy atom. The van der Waals surface area contributed by atoms with Gasteiger partial charge in [0.15, 0.2) is 12.4 Å². The summed E-state index contributed by atoms with van der Waals surface area (Å²) in [5.74, 6) is 0.196. The summed E-state index contributed by atoms with van der Waals surface area (Å²) < 4.78 is 8.95. The zero-order chi connectivity index (χ0) is 17.8. The van der Waals surface area contributed by atoms with Gasteiger partial charge >= 0.3 is 5.97 Å². The molecule has 0 atom stereocenters. The first-order chi connectivity index (χ1) is 12.8. The molecule has 7 nitrogen and oxygen atoms in total. The minimum atomic E-state index is -0.287. The maximum Gasteiger partial charge on any atom is 0.308 e. The third-order valence-electron chi connectivity index (χ3n) is 4.13. The van der Waals surface area contributed by atoms with Gasteiger partial charge in [-0.15, -0.1) is 5.10 Å². The zero-order valence-corrected chi connectivity index (χ0v) is 14.0. The van der Waals surface area contributed by atoms with Crippen molar-refractivity contribution >= 4 is 16.9 Å². The Morgan fingerprint density at radius 2 is 1.81 bits per heavy atom. The van der Waals surface area contributed by atoms with Gasteiger partial charge in [0, 0.05) is 18.3 Å².